The summed E-state index contributed by atoms with van der Waals surface area (Å²) in [4.78, 5) is 16.2. The Labute approximate surface area is 248 Å². The quantitative estimate of drug-likeness (QED) is 0.172. The minimum Gasteiger partial charge on any atom is -0.497 e. The maximum atomic E-state index is 6.33. The van der Waals surface area contributed by atoms with Gasteiger partial charge in [0.1, 0.15) is 5.75 Å². The van der Waals surface area contributed by atoms with E-state index in [1.807, 2.05) is 73.2 Å². The van der Waals surface area contributed by atoms with Crippen LogP contribution >= 0.6 is 23.2 Å². The molecule has 0 saturated heterocycles. The van der Waals surface area contributed by atoms with E-state index in [0.29, 0.717) is 10.0 Å². The third-order valence-corrected chi connectivity index (χ3v) is 7.82. The second kappa shape index (κ2) is 11.8. The van der Waals surface area contributed by atoms with Crippen LogP contribution in [0.4, 0.5) is 17.1 Å². The van der Waals surface area contributed by atoms with Crippen molar-refractivity contribution >= 4 is 73.0 Å². The molecule has 1 unspecified atom stereocenters. The summed E-state index contributed by atoms with van der Waals surface area (Å²) in [7, 11) is 1.70. The topological polar surface area (TPSA) is 63.2 Å². The van der Waals surface area contributed by atoms with E-state index in [-0.39, 0.29) is 6.04 Å². The van der Waals surface area contributed by atoms with Gasteiger partial charge in [-0.15, -0.1) is 0 Å². The summed E-state index contributed by atoms with van der Waals surface area (Å²) in [6.45, 7) is 3.06. The molecule has 1 atom stereocenters. The fourth-order valence-electron chi connectivity index (χ4n) is 5.39. The first kappa shape index (κ1) is 27.1. The van der Waals surface area contributed by atoms with Crippen LogP contribution in [0.15, 0.2) is 91.4 Å². The van der Waals surface area contributed by atoms with Gasteiger partial charge in [-0.1, -0.05) is 29.3 Å². The van der Waals surface area contributed by atoms with Crippen LogP contribution in [0.5, 0.6) is 5.75 Å². The van der Waals surface area contributed by atoms with Gasteiger partial charge in [0.25, 0.3) is 0 Å². The van der Waals surface area contributed by atoms with E-state index >= 15 is 0 Å². The zero-order chi connectivity index (χ0) is 28.3. The molecule has 0 aliphatic rings. The summed E-state index contributed by atoms with van der Waals surface area (Å²) >= 11 is 12.5. The van der Waals surface area contributed by atoms with E-state index in [2.05, 4.69) is 45.3 Å². The van der Waals surface area contributed by atoms with Crippen LogP contribution in [0.25, 0.3) is 32.7 Å². The van der Waals surface area contributed by atoms with Crippen molar-refractivity contribution < 1.29 is 4.74 Å². The highest BCUT2D eigenvalue weighted by Crippen LogP contribution is 2.40. The maximum Gasteiger partial charge on any atom is 0.121 e. The molecule has 6 rings (SSSR count). The highest BCUT2D eigenvalue weighted by molar-refractivity contribution is 6.31. The number of anilines is 3. The monoisotopic (exact) mass is 581 g/mol. The van der Waals surface area contributed by atoms with Crippen LogP contribution in [0.2, 0.25) is 10.0 Å². The number of pyridine rings is 3. The average Bonchev–Trinajstić information content (AvgIpc) is 2.99. The normalized spacial score (nSPS) is 12.1. The molecule has 0 saturated carbocycles. The van der Waals surface area contributed by atoms with E-state index in [4.69, 9.17) is 32.9 Å². The standard InChI is InChI=1S/C33H29Cl2N5O/c1-21(5-3-13-36-28-11-15-37-29-18-23(34)7-9-26(28)29)40(31-12-16-38-30-19-24(35)8-10-27(30)31)32-20-25(41-2)17-22-6-4-14-39-33(22)32/h4,6-12,14-21H,3,5,13H2,1-2H3,(H,36,37). The first-order valence-corrected chi connectivity index (χ1v) is 14.3. The molecule has 3 heterocycles. The average molecular weight is 583 g/mol. The molecule has 6 nitrogen and oxygen atoms in total. The van der Waals surface area contributed by atoms with Gasteiger partial charge in [-0.05, 0) is 80.4 Å². The molecule has 0 amide bonds. The Morgan fingerprint density at radius 2 is 1.54 bits per heavy atom. The van der Waals surface area contributed by atoms with E-state index < -0.39 is 0 Å². The number of rotatable bonds is 9. The van der Waals surface area contributed by atoms with E-state index in [1.54, 1.807) is 7.11 Å². The van der Waals surface area contributed by atoms with Gasteiger partial charge in [0.05, 0.1) is 35.0 Å². The molecule has 6 aromatic rings. The van der Waals surface area contributed by atoms with Crippen molar-refractivity contribution in [3.05, 3.63) is 101 Å². The third kappa shape index (κ3) is 5.58. The fourth-order valence-corrected chi connectivity index (χ4v) is 5.73. The Kier molecular flexibility index (Phi) is 7.77. The molecule has 0 aliphatic carbocycles. The number of nitrogens with zero attached hydrogens (tertiary/aromatic N) is 4. The summed E-state index contributed by atoms with van der Waals surface area (Å²) in [6, 6.07) is 24.0. The lowest BCUT2D eigenvalue weighted by Gasteiger charge is -2.33. The second-order valence-corrected chi connectivity index (χ2v) is 10.9. The van der Waals surface area contributed by atoms with Gasteiger partial charge in [-0.3, -0.25) is 15.0 Å². The Balaban J connectivity index is 1.33. The van der Waals surface area contributed by atoms with Crippen molar-refractivity contribution in [3.8, 4) is 5.75 Å². The maximum absolute atomic E-state index is 6.33. The van der Waals surface area contributed by atoms with Crippen molar-refractivity contribution in [2.24, 2.45) is 0 Å². The number of ether oxygens (including phenoxy) is 1. The molecule has 8 heteroatoms. The van der Waals surface area contributed by atoms with Gasteiger partial charge < -0.3 is 15.0 Å². The van der Waals surface area contributed by atoms with Gasteiger partial charge in [-0.2, -0.15) is 0 Å². The Bertz CT molecular complexity index is 1860. The fraction of sp³-hybridized carbons (Fsp3) is 0.182. The number of benzene rings is 3. The number of methoxy groups -OCH3 is 1. The summed E-state index contributed by atoms with van der Waals surface area (Å²) in [5, 5.41) is 8.05. The molecule has 0 radical (unpaired) electrons. The smallest absolute Gasteiger partial charge is 0.121 e. The van der Waals surface area contributed by atoms with Crippen LogP contribution in [-0.2, 0) is 0 Å². The van der Waals surface area contributed by atoms with Crippen molar-refractivity contribution in [3.63, 3.8) is 0 Å². The lowest BCUT2D eigenvalue weighted by atomic mass is 10.0. The van der Waals surface area contributed by atoms with Crippen molar-refractivity contribution in [2.45, 2.75) is 25.8 Å². The second-order valence-electron chi connectivity index (χ2n) is 10.0. The minimum atomic E-state index is 0.128. The zero-order valence-corrected chi connectivity index (χ0v) is 24.3. The predicted molar refractivity (Wildman–Crippen MR) is 171 cm³/mol. The van der Waals surface area contributed by atoms with Crippen LogP contribution < -0.4 is 15.0 Å². The molecule has 0 bridgehead atoms. The van der Waals surface area contributed by atoms with Crippen LogP contribution in [0, 0.1) is 0 Å². The van der Waals surface area contributed by atoms with Gasteiger partial charge in [0, 0.05) is 69.1 Å². The zero-order valence-electron chi connectivity index (χ0n) is 22.8. The molecule has 1 N–H and O–H groups in total. The summed E-state index contributed by atoms with van der Waals surface area (Å²) in [5.74, 6) is 0.783. The van der Waals surface area contributed by atoms with Gasteiger partial charge in [0.15, 0.2) is 0 Å². The largest absolute Gasteiger partial charge is 0.497 e. The summed E-state index contributed by atoms with van der Waals surface area (Å²) in [5.41, 5.74) is 5.72. The van der Waals surface area contributed by atoms with E-state index in [0.717, 1.165) is 74.9 Å². The number of fused-ring (bicyclic) bond motifs is 3. The predicted octanol–water partition coefficient (Wildman–Crippen LogP) is 9.07. The molecule has 3 aromatic heterocycles. The number of hydrogen-bond acceptors (Lipinski definition) is 6. The van der Waals surface area contributed by atoms with E-state index in [1.165, 1.54) is 0 Å². The highest BCUT2D eigenvalue weighted by atomic mass is 35.5. The van der Waals surface area contributed by atoms with Crippen molar-refractivity contribution in [1.29, 1.82) is 0 Å². The molecule has 0 fully saturated rings. The number of aromatic nitrogens is 3. The molecule has 0 aliphatic heterocycles. The number of nitrogens with one attached hydrogen (secondary N) is 1. The summed E-state index contributed by atoms with van der Waals surface area (Å²) < 4.78 is 5.71. The van der Waals surface area contributed by atoms with Crippen molar-refractivity contribution in [2.75, 3.05) is 23.9 Å². The molecular formula is C33H29Cl2N5O. The van der Waals surface area contributed by atoms with Crippen molar-refractivity contribution in [1.82, 2.24) is 15.0 Å². The third-order valence-electron chi connectivity index (χ3n) is 7.35. The number of hydrogen-bond donors (Lipinski definition) is 1. The van der Waals surface area contributed by atoms with E-state index in [9.17, 15) is 0 Å². The Morgan fingerprint density at radius 1 is 0.805 bits per heavy atom. The molecule has 3 aromatic carbocycles. The summed E-state index contributed by atoms with van der Waals surface area (Å²) in [6.07, 6.45) is 7.35. The SMILES string of the molecule is COc1cc(N(c2ccnc3cc(Cl)ccc23)C(C)CCCNc2ccnc3cc(Cl)ccc23)c2ncccc2c1. The molecule has 41 heavy (non-hydrogen) atoms. The van der Waals surface area contributed by atoms with Gasteiger partial charge in [-0.25, -0.2) is 0 Å². The van der Waals surface area contributed by atoms with Crippen LogP contribution in [0.1, 0.15) is 19.8 Å². The first-order chi connectivity index (χ1) is 20.0. The first-order valence-electron chi connectivity index (χ1n) is 13.6. The Hall–Kier alpha value is -4.13. The van der Waals surface area contributed by atoms with Crippen LogP contribution in [-0.4, -0.2) is 34.6 Å². The number of halogens is 2. The highest BCUT2D eigenvalue weighted by Gasteiger charge is 2.23. The molecule has 0 spiro atoms. The lowest BCUT2D eigenvalue weighted by molar-refractivity contribution is 0.415. The van der Waals surface area contributed by atoms with Crippen LogP contribution in [0.3, 0.4) is 0 Å². The van der Waals surface area contributed by atoms with Gasteiger partial charge >= 0.3 is 0 Å². The molecular weight excluding hydrogens is 553 g/mol. The minimum absolute atomic E-state index is 0.128. The lowest BCUT2D eigenvalue weighted by Crippen LogP contribution is -2.29. The molecule has 206 valence electrons. The Morgan fingerprint density at radius 3 is 2.32 bits per heavy atom. The van der Waals surface area contributed by atoms with Gasteiger partial charge in [0.2, 0.25) is 0 Å².